The van der Waals surface area contributed by atoms with Gasteiger partial charge in [-0.3, -0.25) is 4.90 Å². The Morgan fingerprint density at radius 1 is 1.21 bits per heavy atom. The molecule has 0 amide bonds. The standard InChI is InChI=1S/C16H34N2O/c1-7-15(5)12-17-16(8-2,9-3)13-18(15)14(4)10-11-19-6/h14,17H,7-13H2,1-6H3. The van der Waals surface area contributed by atoms with Crippen molar-refractivity contribution in [3.05, 3.63) is 0 Å². The lowest BCUT2D eigenvalue weighted by molar-refractivity contribution is -0.0253. The number of hydrogen-bond donors (Lipinski definition) is 1. The minimum atomic E-state index is 0.279. The SMILES string of the molecule is CCC1(CC)CN(C(C)CCOC)C(C)(CC)CN1. The predicted octanol–water partition coefficient (Wildman–Crippen LogP) is 3.04. The first-order chi connectivity index (χ1) is 8.97. The monoisotopic (exact) mass is 270 g/mol. The third-order valence-corrected chi connectivity index (χ3v) is 5.40. The van der Waals surface area contributed by atoms with Gasteiger partial charge in [0.25, 0.3) is 0 Å². The Balaban J connectivity index is 2.84. The number of nitrogens with one attached hydrogen (secondary N) is 1. The second-order valence-corrected chi connectivity index (χ2v) is 6.45. The number of piperazine rings is 1. The van der Waals surface area contributed by atoms with Gasteiger partial charge in [-0.15, -0.1) is 0 Å². The van der Waals surface area contributed by atoms with Gasteiger partial charge in [0.2, 0.25) is 0 Å². The maximum absolute atomic E-state index is 5.27. The molecule has 0 aromatic rings. The molecule has 0 bridgehead atoms. The first-order valence-corrected chi connectivity index (χ1v) is 7.97. The summed E-state index contributed by atoms with van der Waals surface area (Å²) in [6, 6.07) is 0.587. The van der Waals surface area contributed by atoms with Crippen LogP contribution in [0.5, 0.6) is 0 Å². The Bertz CT molecular complexity index is 265. The van der Waals surface area contributed by atoms with Gasteiger partial charge in [0, 0.05) is 43.9 Å². The van der Waals surface area contributed by atoms with Gasteiger partial charge in [-0.1, -0.05) is 20.8 Å². The van der Waals surface area contributed by atoms with Crippen LogP contribution in [0.4, 0.5) is 0 Å². The van der Waals surface area contributed by atoms with Crippen molar-refractivity contribution >= 4 is 0 Å². The molecule has 2 unspecified atom stereocenters. The Hall–Kier alpha value is -0.120. The largest absolute Gasteiger partial charge is 0.385 e. The van der Waals surface area contributed by atoms with Gasteiger partial charge < -0.3 is 10.1 Å². The molecular weight excluding hydrogens is 236 g/mol. The van der Waals surface area contributed by atoms with Gasteiger partial charge in [-0.2, -0.15) is 0 Å². The summed E-state index contributed by atoms with van der Waals surface area (Å²) in [4.78, 5) is 2.73. The summed E-state index contributed by atoms with van der Waals surface area (Å²) >= 11 is 0. The molecule has 1 rings (SSSR count). The van der Waals surface area contributed by atoms with Crippen molar-refractivity contribution in [1.29, 1.82) is 0 Å². The van der Waals surface area contributed by atoms with Crippen molar-refractivity contribution in [1.82, 2.24) is 10.2 Å². The Morgan fingerprint density at radius 2 is 1.84 bits per heavy atom. The van der Waals surface area contributed by atoms with Crippen molar-refractivity contribution < 1.29 is 4.74 Å². The minimum absolute atomic E-state index is 0.279. The highest BCUT2D eigenvalue weighted by molar-refractivity contribution is 5.03. The van der Waals surface area contributed by atoms with E-state index in [4.69, 9.17) is 4.74 Å². The Labute approximate surface area is 120 Å². The van der Waals surface area contributed by atoms with Crippen molar-refractivity contribution in [3.63, 3.8) is 0 Å². The average molecular weight is 270 g/mol. The predicted molar refractivity (Wildman–Crippen MR) is 82.7 cm³/mol. The van der Waals surface area contributed by atoms with Crippen LogP contribution in [0.2, 0.25) is 0 Å². The van der Waals surface area contributed by atoms with Crippen LogP contribution in [-0.2, 0) is 4.74 Å². The number of hydrogen-bond acceptors (Lipinski definition) is 3. The Kier molecular flexibility index (Phi) is 6.28. The summed E-state index contributed by atoms with van der Waals surface area (Å²) in [5.41, 5.74) is 0.580. The highest BCUT2D eigenvalue weighted by Gasteiger charge is 2.43. The maximum atomic E-state index is 5.27. The van der Waals surface area contributed by atoms with Gasteiger partial charge in [0.15, 0.2) is 0 Å². The second kappa shape index (κ2) is 7.05. The lowest BCUT2D eigenvalue weighted by Crippen LogP contribution is -2.70. The molecule has 0 aliphatic carbocycles. The summed E-state index contributed by atoms with van der Waals surface area (Å²) in [5, 5.41) is 3.84. The molecule has 0 aromatic carbocycles. The zero-order valence-corrected chi connectivity index (χ0v) is 13.9. The molecule has 114 valence electrons. The summed E-state index contributed by atoms with van der Waals surface area (Å²) in [6.07, 6.45) is 4.73. The highest BCUT2D eigenvalue weighted by atomic mass is 16.5. The number of methoxy groups -OCH3 is 1. The van der Waals surface area contributed by atoms with E-state index >= 15 is 0 Å². The molecule has 1 aliphatic heterocycles. The smallest absolute Gasteiger partial charge is 0.0477 e. The van der Waals surface area contributed by atoms with Gasteiger partial charge in [0.05, 0.1) is 0 Å². The van der Waals surface area contributed by atoms with Gasteiger partial charge in [-0.05, 0) is 39.5 Å². The van der Waals surface area contributed by atoms with E-state index in [1.54, 1.807) is 7.11 Å². The van der Waals surface area contributed by atoms with E-state index in [1.807, 2.05) is 0 Å². The van der Waals surface area contributed by atoms with Crippen LogP contribution in [-0.4, -0.2) is 48.8 Å². The van der Waals surface area contributed by atoms with Crippen LogP contribution in [0, 0.1) is 0 Å². The molecule has 1 saturated heterocycles. The van der Waals surface area contributed by atoms with Crippen LogP contribution < -0.4 is 5.32 Å². The Morgan fingerprint density at radius 3 is 2.32 bits per heavy atom. The number of ether oxygens (including phenoxy) is 1. The fourth-order valence-electron chi connectivity index (χ4n) is 3.24. The molecule has 1 fully saturated rings. The topological polar surface area (TPSA) is 24.5 Å². The van der Waals surface area contributed by atoms with Crippen LogP contribution >= 0.6 is 0 Å². The molecule has 1 aliphatic rings. The average Bonchev–Trinajstić information content (AvgIpc) is 2.45. The van der Waals surface area contributed by atoms with Gasteiger partial charge in [0.1, 0.15) is 0 Å². The highest BCUT2D eigenvalue weighted by Crippen LogP contribution is 2.32. The molecule has 1 N–H and O–H groups in total. The van der Waals surface area contributed by atoms with E-state index in [9.17, 15) is 0 Å². The number of nitrogens with zero attached hydrogens (tertiary/aromatic N) is 1. The van der Waals surface area contributed by atoms with Gasteiger partial charge >= 0.3 is 0 Å². The molecule has 0 radical (unpaired) electrons. The molecular formula is C16H34N2O. The van der Waals surface area contributed by atoms with Crippen molar-refractivity contribution in [2.45, 2.75) is 77.4 Å². The molecule has 1 heterocycles. The first kappa shape index (κ1) is 16.9. The quantitative estimate of drug-likeness (QED) is 0.769. The molecule has 0 spiro atoms. The summed E-state index contributed by atoms with van der Waals surface area (Å²) < 4.78 is 5.27. The minimum Gasteiger partial charge on any atom is -0.385 e. The lowest BCUT2D eigenvalue weighted by Gasteiger charge is -2.55. The maximum Gasteiger partial charge on any atom is 0.0477 e. The normalized spacial score (nSPS) is 29.4. The fourth-order valence-corrected chi connectivity index (χ4v) is 3.24. The second-order valence-electron chi connectivity index (χ2n) is 6.45. The van der Waals surface area contributed by atoms with Gasteiger partial charge in [-0.25, -0.2) is 0 Å². The van der Waals surface area contributed by atoms with Crippen LogP contribution in [0.15, 0.2) is 0 Å². The molecule has 0 saturated carbocycles. The van der Waals surface area contributed by atoms with Crippen molar-refractivity contribution in [3.8, 4) is 0 Å². The van der Waals surface area contributed by atoms with Crippen LogP contribution in [0.1, 0.15) is 60.3 Å². The van der Waals surface area contributed by atoms with Crippen LogP contribution in [0.3, 0.4) is 0 Å². The molecule has 0 aromatic heterocycles. The number of rotatable bonds is 7. The zero-order valence-electron chi connectivity index (χ0n) is 13.9. The lowest BCUT2D eigenvalue weighted by atomic mass is 9.82. The van der Waals surface area contributed by atoms with Crippen molar-refractivity contribution in [2.24, 2.45) is 0 Å². The van der Waals surface area contributed by atoms with Crippen LogP contribution in [0.25, 0.3) is 0 Å². The van der Waals surface area contributed by atoms with Crippen molar-refractivity contribution in [2.75, 3.05) is 26.8 Å². The van der Waals surface area contributed by atoms with E-state index in [-0.39, 0.29) is 5.54 Å². The fraction of sp³-hybridized carbons (Fsp3) is 1.00. The third kappa shape index (κ3) is 3.71. The molecule has 2 atom stereocenters. The summed E-state index contributed by atoms with van der Waals surface area (Å²) in [7, 11) is 1.80. The first-order valence-electron chi connectivity index (χ1n) is 7.97. The summed E-state index contributed by atoms with van der Waals surface area (Å²) in [6.45, 7) is 14.8. The van der Waals surface area contributed by atoms with E-state index in [0.29, 0.717) is 11.6 Å². The van der Waals surface area contributed by atoms with E-state index in [2.05, 4.69) is 44.8 Å². The molecule has 3 heteroatoms. The zero-order chi connectivity index (χ0) is 14.5. The van der Waals surface area contributed by atoms with E-state index < -0.39 is 0 Å². The van der Waals surface area contributed by atoms with E-state index in [0.717, 1.165) is 26.1 Å². The van der Waals surface area contributed by atoms with E-state index in [1.165, 1.54) is 19.3 Å². The molecule has 19 heavy (non-hydrogen) atoms. The third-order valence-electron chi connectivity index (χ3n) is 5.40. The molecule has 3 nitrogen and oxygen atoms in total. The summed E-state index contributed by atoms with van der Waals surface area (Å²) in [5.74, 6) is 0.